The number of carboxylic acid groups (broad SMARTS) is 1. The summed E-state index contributed by atoms with van der Waals surface area (Å²) in [6.45, 7) is 1.38. The van der Waals surface area contributed by atoms with E-state index in [4.69, 9.17) is 5.11 Å². The van der Waals surface area contributed by atoms with Gasteiger partial charge in [0.15, 0.2) is 0 Å². The van der Waals surface area contributed by atoms with Crippen molar-refractivity contribution in [3.05, 3.63) is 44.8 Å². The number of nitro groups is 1. The van der Waals surface area contributed by atoms with Crippen molar-refractivity contribution in [1.82, 2.24) is 0 Å². The molecule has 2 heterocycles. The zero-order chi connectivity index (χ0) is 17.3. The number of nitrogens with zero attached hydrogens (tertiary/aromatic N) is 3. The second-order valence-electron chi connectivity index (χ2n) is 5.42. The van der Waals surface area contributed by atoms with Crippen LogP contribution in [0, 0.1) is 21.4 Å². The number of anilines is 1. The van der Waals surface area contributed by atoms with E-state index in [1.165, 1.54) is 12.1 Å². The highest BCUT2D eigenvalue weighted by atomic mass is 32.1. The standard InChI is InChI=1S/C16H13N3O4S/c17-9-11-7-10(13-3-4-14(24-13)16(20)21)8-12(19(22)23)15(11)18-5-1-2-6-18/h3-4,7-8H,1-2,5-6H2,(H,20,21). The predicted octanol–water partition coefficient (Wildman–Crippen LogP) is 3.49. The Bertz CT molecular complexity index is 863. The van der Waals surface area contributed by atoms with E-state index in [1.54, 1.807) is 12.1 Å². The molecule has 0 unspecified atom stereocenters. The molecule has 1 aliphatic rings. The van der Waals surface area contributed by atoms with Crippen LogP contribution in [-0.2, 0) is 0 Å². The highest BCUT2D eigenvalue weighted by molar-refractivity contribution is 7.17. The molecule has 1 N–H and O–H groups in total. The number of hydrogen-bond acceptors (Lipinski definition) is 6. The van der Waals surface area contributed by atoms with Crippen LogP contribution in [0.4, 0.5) is 11.4 Å². The number of rotatable bonds is 4. The van der Waals surface area contributed by atoms with Crippen molar-refractivity contribution in [2.75, 3.05) is 18.0 Å². The number of carboxylic acids is 1. The number of thiophene rings is 1. The van der Waals surface area contributed by atoms with Gasteiger partial charge < -0.3 is 10.0 Å². The van der Waals surface area contributed by atoms with Crippen LogP contribution in [0.2, 0.25) is 0 Å². The number of aromatic carboxylic acids is 1. The van der Waals surface area contributed by atoms with Crippen LogP contribution >= 0.6 is 11.3 Å². The van der Waals surface area contributed by atoms with Crippen LogP contribution in [0.3, 0.4) is 0 Å². The largest absolute Gasteiger partial charge is 0.477 e. The Morgan fingerprint density at radius 1 is 1.33 bits per heavy atom. The third kappa shape index (κ3) is 2.81. The number of nitriles is 1. The van der Waals surface area contributed by atoms with Gasteiger partial charge in [-0.05, 0) is 36.6 Å². The first-order valence-corrected chi connectivity index (χ1v) is 8.14. The van der Waals surface area contributed by atoms with E-state index < -0.39 is 10.9 Å². The molecule has 122 valence electrons. The van der Waals surface area contributed by atoms with Gasteiger partial charge in [0, 0.05) is 24.0 Å². The van der Waals surface area contributed by atoms with Gasteiger partial charge in [-0.2, -0.15) is 5.26 Å². The lowest BCUT2D eigenvalue weighted by atomic mass is 10.0. The molecule has 0 bridgehead atoms. The molecule has 24 heavy (non-hydrogen) atoms. The summed E-state index contributed by atoms with van der Waals surface area (Å²) in [6.07, 6.45) is 1.88. The number of benzene rings is 1. The molecule has 0 spiro atoms. The molecule has 0 atom stereocenters. The van der Waals surface area contributed by atoms with Gasteiger partial charge in [-0.25, -0.2) is 4.79 Å². The fourth-order valence-corrected chi connectivity index (χ4v) is 3.70. The van der Waals surface area contributed by atoms with Gasteiger partial charge in [-0.3, -0.25) is 10.1 Å². The minimum Gasteiger partial charge on any atom is -0.477 e. The first-order valence-electron chi connectivity index (χ1n) is 7.32. The Balaban J connectivity index is 2.15. The van der Waals surface area contributed by atoms with Gasteiger partial charge >= 0.3 is 5.97 Å². The minimum atomic E-state index is -1.05. The number of nitro benzene ring substituents is 1. The van der Waals surface area contributed by atoms with Crippen molar-refractivity contribution < 1.29 is 14.8 Å². The average Bonchev–Trinajstić information content (AvgIpc) is 3.24. The van der Waals surface area contributed by atoms with Crippen molar-refractivity contribution in [3.8, 4) is 16.5 Å². The lowest BCUT2D eigenvalue weighted by Crippen LogP contribution is -2.20. The maximum absolute atomic E-state index is 11.5. The maximum Gasteiger partial charge on any atom is 0.345 e. The minimum absolute atomic E-state index is 0.115. The first kappa shape index (κ1) is 16.0. The second-order valence-corrected chi connectivity index (χ2v) is 6.51. The molecule has 0 radical (unpaired) electrons. The predicted molar refractivity (Wildman–Crippen MR) is 89.5 cm³/mol. The van der Waals surface area contributed by atoms with Crippen molar-refractivity contribution >= 4 is 28.7 Å². The zero-order valence-electron chi connectivity index (χ0n) is 12.6. The molecule has 1 aromatic heterocycles. The lowest BCUT2D eigenvalue weighted by molar-refractivity contribution is -0.384. The van der Waals surface area contributed by atoms with E-state index >= 15 is 0 Å². The Morgan fingerprint density at radius 2 is 2.04 bits per heavy atom. The van der Waals surface area contributed by atoms with E-state index in [2.05, 4.69) is 0 Å². The van der Waals surface area contributed by atoms with Crippen LogP contribution in [0.25, 0.3) is 10.4 Å². The first-order chi connectivity index (χ1) is 11.5. The molecule has 0 saturated carbocycles. The third-order valence-corrected chi connectivity index (χ3v) is 5.05. The smallest absolute Gasteiger partial charge is 0.345 e. The summed E-state index contributed by atoms with van der Waals surface area (Å²) >= 11 is 1.03. The topological polar surface area (TPSA) is 107 Å². The van der Waals surface area contributed by atoms with Gasteiger partial charge in [0.05, 0.1) is 10.5 Å². The Labute approximate surface area is 141 Å². The van der Waals surface area contributed by atoms with Crippen molar-refractivity contribution in [2.45, 2.75) is 12.8 Å². The summed E-state index contributed by atoms with van der Waals surface area (Å²) in [5.41, 5.74) is 0.972. The number of carbonyl (C=O) groups is 1. The molecule has 7 nitrogen and oxygen atoms in total. The molecule has 1 aromatic carbocycles. The van der Waals surface area contributed by atoms with E-state index in [-0.39, 0.29) is 16.1 Å². The monoisotopic (exact) mass is 343 g/mol. The van der Waals surface area contributed by atoms with Gasteiger partial charge in [-0.15, -0.1) is 11.3 Å². The highest BCUT2D eigenvalue weighted by Crippen LogP contribution is 2.39. The lowest BCUT2D eigenvalue weighted by Gasteiger charge is -2.19. The molecule has 0 aliphatic carbocycles. The third-order valence-electron chi connectivity index (χ3n) is 3.93. The summed E-state index contributed by atoms with van der Waals surface area (Å²) in [5.74, 6) is -1.05. The summed E-state index contributed by atoms with van der Waals surface area (Å²) in [5, 5.41) is 30.0. The summed E-state index contributed by atoms with van der Waals surface area (Å²) < 4.78 is 0. The normalized spacial score (nSPS) is 13.7. The second kappa shape index (κ2) is 6.29. The summed E-state index contributed by atoms with van der Waals surface area (Å²) in [6, 6.07) is 8.12. The van der Waals surface area contributed by atoms with Gasteiger partial charge in [0.25, 0.3) is 5.69 Å². The molecule has 3 rings (SSSR count). The fraction of sp³-hybridized carbons (Fsp3) is 0.250. The summed E-state index contributed by atoms with van der Waals surface area (Å²) in [4.78, 5) is 24.7. The molecule has 1 saturated heterocycles. The highest BCUT2D eigenvalue weighted by Gasteiger charge is 2.27. The van der Waals surface area contributed by atoms with Gasteiger partial charge in [-0.1, -0.05) is 0 Å². The van der Waals surface area contributed by atoms with E-state index in [1.807, 2.05) is 11.0 Å². The van der Waals surface area contributed by atoms with Crippen molar-refractivity contribution in [1.29, 1.82) is 5.26 Å². The summed E-state index contributed by atoms with van der Waals surface area (Å²) in [7, 11) is 0. The Morgan fingerprint density at radius 3 is 2.58 bits per heavy atom. The van der Waals surface area contributed by atoms with Crippen molar-refractivity contribution in [2.24, 2.45) is 0 Å². The van der Waals surface area contributed by atoms with E-state index in [9.17, 15) is 20.2 Å². The van der Waals surface area contributed by atoms with E-state index in [0.29, 0.717) is 29.2 Å². The van der Waals surface area contributed by atoms with Gasteiger partial charge in [0.2, 0.25) is 0 Å². The molecular weight excluding hydrogens is 330 g/mol. The van der Waals surface area contributed by atoms with Crippen LogP contribution < -0.4 is 4.90 Å². The van der Waals surface area contributed by atoms with Crippen LogP contribution in [0.15, 0.2) is 24.3 Å². The Hall–Kier alpha value is -2.92. The van der Waals surface area contributed by atoms with Crippen LogP contribution in [-0.4, -0.2) is 29.1 Å². The number of hydrogen-bond donors (Lipinski definition) is 1. The van der Waals surface area contributed by atoms with E-state index in [0.717, 1.165) is 24.2 Å². The molecule has 0 amide bonds. The SMILES string of the molecule is N#Cc1cc(-c2ccc(C(=O)O)s2)cc([N+](=O)[O-])c1N1CCCC1. The van der Waals surface area contributed by atoms with Crippen LogP contribution in [0.1, 0.15) is 28.1 Å². The molecule has 8 heteroatoms. The van der Waals surface area contributed by atoms with Gasteiger partial charge in [0.1, 0.15) is 16.6 Å². The fourth-order valence-electron chi connectivity index (χ4n) is 2.87. The molecule has 2 aromatic rings. The molecular formula is C16H13N3O4S. The average molecular weight is 343 g/mol. The molecule has 1 aliphatic heterocycles. The quantitative estimate of drug-likeness (QED) is 0.672. The van der Waals surface area contributed by atoms with Crippen LogP contribution in [0.5, 0.6) is 0 Å². The van der Waals surface area contributed by atoms with Crippen molar-refractivity contribution in [3.63, 3.8) is 0 Å². The Kier molecular flexibility index (Phi) is 4.18. The maximum atomic E-state index is 11.5. The zero-order valence-corrected chi connectivity index (χ0v) is 13.4. The molecule has 1 fully saturated rings.